The highest BCUT2D eigenvalue weighted by molar-refractivity contribution is 5.86. The number of carboxylic acid groups (broad SMARTS) is 1. The van der Waals surface area contributed by atoms with E-state index < -0.39 is 12.6 Å². The smallest absolute Gasteiger partial charge is 0.334 e. The Hall–Kier alpha value is -1.07. The molecule has 0 heterocycles. The molecule has 0 aromatic heterocycles. The fraction of sp³-hybridized carbons (Fsp3) is 0.727. The number of carbonyl (C=O) groups is 1. The second-order valence-corrected chi connectivity index (χ2v) is 3.77. The summed E-state index contributed by atoms with van der Waals surface area (Å²) in [7, 11) is 0. The molecule has 0 fully saturated rings. The highest BCUT2D eigenvalue weighted by Crippen LogP contribution is 2.09. The van der Waals surface area contributed by atoms with Crippen molar-refractivity contribution in [2.24, 2.45) is 5.92 Å². The Morgan fingerprint density at radius 3 is 2.50 bits per heavy atom. The van der Waals surface area contributed by atoms with Crippen molar-refractivity contribution in [1.29, 1.82) is 0 Å². The van der Waals surface area contributed by atoms with E-state index in [0.717, 1.165) is 12.8 Å². The van der Waals surface area contributed by atoms with Gasteiger partial charge in [-0.15, -0.1) is 0 Å². The fourth-order valence-electron chi connectivity index (χ4n) is 1.12. The van der Waals surface area contributed by atoms with Crippen LogP contribution in [0.1, 0.15) is 33.6 Å². The van der Waals surface area contributed by atoms with Crippen LogP contribution in [0.25, 0.3) is 0 Å². The van der Waals surface area contributed by atoms with Crippen molar-refractivity contribution in [1.82, 2.24) is 0 Å². The molecular weight excluding hydrogens is 212 g/mol. The largest absolute Gasteiger partial charge is 0.478 e. The van der Waals surface area contributed by atoms with Gasteiger partial charge in [0.1, 0.15) is 6.61 Å². The van der Waals surface area contributed by atoms with E-state index in [2.05, 4.69) is 6.92 Å². The molecule has 94 valence electrons. The van der Waals surface area contributed by atoms with E-state index >= 15 is 0 Å². The third kappa shape index (κ3) is 5.72. The Morgan fingerprint density at radius 2 is 2.06 bits per heavy atom. The molecule has 0 amide bonds. The van der Waals surface area contributed by atoms with Crippen molar-refractivity contribution in [3.8, 4) is 0 Å². The zero-order chi connectivity index (χ0) is 12.6. The predicted molar refractivity (Wildman–Crippen MR) is 58.5 cm³/mol. The highest BCUT2D eigenvalue weighted by atomic mass is 17.2. The van der Waals surface area contributed by atoms with Gasteiger partial charge in [0, 0.05) is 0 Å². The molecule has 0 aliphatic carbocycles. The minimum absolute atomic E-state index is 0.0503. The van der Waals surface area contributed by atoms with Crippen LogP contribution in [0, 0.1) is 5.92 Å². The summed E-state index contributed by atoms with van der Waals surface area (Å²) in [4.78, 5) is 20.3. The summed E-state index contributed by atoms with van der Waals surface area (Å²) in [5.41, 5.74) is -0.0503. The Labute approximate surface area is 95.6 Å². The average Bonchev–Trinajstić information content (AvgIpc) is 2.23. The zero-order valence-corrected chi connectivity index (χ0v) is 10.0. The molecule has 5 nitrogen and oxygen atoms in total. The molecule has 0 saturated carbocycles. The number of aliphatic hydroxyl groups is 1. The number of rotatable bonds is 8. The summed E-state index contributed by atoms with van der Waals surface area (Å²) in [6, 6.07) is 0. The van der Waals surface area contributed by atoms with E-state index in [4.69, 9.17) is 20.0 Å². The monoisotopic (exact) mass is 232 g/mol. The van der Waals surface area contributed by atoms with Crippen molar-refractivity contribution in [3.05, 3.63) is 11.3 Å². The Morgan fingerprint density at radius 1 is 1.44 bits per heavy atom. The van der Waals surface area contributed by atoms with E-state index in [-0.39, 0.29) is 11.3 Å². The van der Waals surface area contributed by atoms with Gasteiger partial charge in [-0.2, -0.15) is 4.89 Å². The fourth-order valence-corrected chi connectivity index (χ4v) is 1.12. The van der Waals surface area contributed by atoms with Crippen LogP contribution in [0.15, 0.2) is 11.3 Å². The van der Waals surface area contributed by atoms with E-state index in [1.54, 1.807) is 0 Å². The van der Waals surface area contributed by atoms with Gasteiger partial charge in [-0.05, 0) is 19.3 Å². The number of hydrogen-bond acceptors (Lipinski definition) is 4. The number of carboxylic acids is 1. The molecular formula is C11H20O5. The number of aliphatic hydroxyl groups excluding tert-OH is 1. The van der Waals surface area contributed by atoms with Gasteiger partial charge >= 0.3 is 5.97 Å². The molecule has 0 aliphatic rings. The summed E-state index contributed by atoms with van der Waals surface area (Å²) in [6.07, 6.45) is 2.07. The molecule has 2 N–H and O–H groups in total. The molecule has 0 aliphatic heterocycles. The lowest BCUT2D eigenvalue weighted by Crippen LogP contribution is -2.11. The molecule has 0 saturated heterocycles. The topological polar surface area (TPSA) is 76.0 Å². The zero-order valence-electron chi connectivity index (χ0n) is 10.0. The van der Waals surface area contributed by atoms with Gasteiger partial charge < -0.3 is 15.1 Å². The Balaban J connectivity index is 4.07. The lowest BCUT2D eigenvalue weighted by molar-refractivity contribution is -0.273. The Kier molecular flexibility index (Phi) is 7.58. The van der Waals surface area contributed by atoms with Crippen LogP contribution in [0.4, 0.5) is 0 Å². The van der Waals surface area contributed by atoms with Crippen LogP contribution in [-0.2, 0) is 14.6 Å². The van der Waals surface area contributed by atoms with E-state index in [0.29, 0.717) is 12.5 Å². The van der Waals surface area contributed by atoms with Gasteiger partial charge in [-0.1, -0.05) is 20.3 Å². The molecule has 5 heteroatoms. The summed E-state index contributed by atoms with van der Waals surface area (Å²) in [5, 5.41) is 17.6. The van der Waals surface area contributed by atoms with Gasteiger partial charge in [-0.25, -0.2) is 4.79 Å². The predicted octanol–water partition coefficient (Wildman–Crippen LogP) is 1.72. The van der Waals surface area contributed by atoms with Crippen LogP contribution >= 0.6 is 0 Å². The van der Waals surface area contributed by atoms with E-state index in [9.17, 15) is 4.79 Å². The van der Waals surface area contributed by atoms with Crippen molar-refractivity contribution < 1.29 is 24.8 Å². The molecule has 0 aromatic carbocycles. The summed E-state index contributed by atoms with van der Waals surface area (Å²) in [5.74, 6) is -0.847. The molecule has 0 spiro atoms. The van der Waals surface area contributed by atoms with Gasteiger partial charge in [-0.3, -0.25) is 0 Å². The highest BCUT2D eigenvalue weighted by Gasteiger charge is 2.11. The Bertz CT molecular complexity index is 247. The summed E-state index contributed by atoms with van der Waals surface area (Å²) < 4.78 is 0. The first-order chi connectivity index (χ1) is 7.52. The van der Waals surface area contributed by atoms with Crippen molar-refractivity contribution in [2.45, 2.75) is 33.6 Å². The molecule has 16 heavy (non-hydrogen) atoms. The third-order valence-electron chi connectivity index (χ3n) is 2.18. The van der Waals surface area contributed by atoms with Crippen molar-refractivity contribution in [2.75, 3.05) is 13.2 Å². The molecule has 0 bridgehead atoms. The maximum absolute atomic E-state index is 10.6. The quantitative estimate of drug-likeness (QED) is 0.288. The third-order valence-corrected chi connectivity index (χ3v) is 2.18. The molecule has 0 radical (unpaired) electrons. The van der Waals surface area contributed by atoms with Crippen LogP contribution in [0.3, 0.4) is 0 Å². The molecule has 1 unspecified atom stereocenters. The number of aliphatic carboxylic acids is 1. The maximum atomic E-state index is 10.6. The first-order valence-electron chi connectivity index (χ1n) is 5.36. The summed E-state index contributed by atoms with van der Waals surface area (Å²) >= 11 is 0. The molecule has 0 rings (SSSR count). The minimum atomic E-state index is -1.13. The standard InChI is InChI=1S/C11H20O5/c1-4-5-8(2)7-15-16-10(6-12)9(3)11(13)14/h8,12H,4-7H2,1-3H3,(H,13,14). The van der Waals surface area contributed by atoms with Crippen LogP contribution in [0.5, 0.6) is 0 Å². The second-order valence-electron chi connectivity index (χ2n) is 3.77. The van der Waals surface area contributed by atoms with Crippen LogP contribution < -0.4 is 0 Å². The average molecular weight is 232 g/mol. The maximum Gasteiger partial charge on any atom is 0.334 e. The number of hydrogen-bond donors (Lipinski definition) is 2. The normalized spacial score (nSPS) is 14.2. The lowest BCUT2D eigenvalue weighted by Gasteiger charge is -2.12. The van der Waals surface area contributed by atoms with Crippen LogP contribution in [-0.4, -0.2) is 29.4 Å². The minimum Gasteiger partial charge on any atom is -0.478 e. The van der Waals surface area contributed by atoms with Gasteiger partial charge in [0.25, 0.3) is 0 Å². The first-order valence-corrected chi connectivity index (χ1v) is 5.36. The first kappa shape index (κ1) is 14.9. The van der Waals surface area contributed by atoms with Gasteiger partial charge in [0.05, 0.1) is 12.2 Å². The molecule has 1 atom stereocenters. The van der Waals surface area contributed by atoms with Crippen LogP contribution in [0.2, 0.25) is 0 Å². The van der Waals surface area contributed by atoms with Crippen molar-refractivity contribution in [3.63, 3.8) is 0 Å². The lowest BCUT2D eigenvalue weighted by atomic mass is 10.1. The summed E-state index contributed by atoms with van der Waals surface area (Å²) in [6.45, 7) is 5.33. The van der Waals surface area contributed by atoms with Gasteiger partial charge in [0.2, 0.25) is 0 Å². The van der Waals surface area contributed by atoms with E-state index in [1.165, 1.54) is 6.92 Å². The second kappa shape index (κ2) is 8.13. The van der Waals surface area contributed by atoms with Crippen molar-refractivity contribution >= 4 is 5.97 Å². The van der Waals surface area contributed by atoms with E-state index in [1.807, 2.05) is 6.92 Å². The van der Waals surface area contributed by atoms with Gasteiger partial charge in [0.15, 0.2) is 5.76 Å². The molecule has 0 aromatic rings. The SMILES string of the molecule is CCCC(C)COOC(CO)=C(C)C(=O)O.